The van der Waals surface area contributed by atoms with Crippen LogP contribution < -0.4 is 5.32 Å². The molecule has 1 N–H and O–H groups in total. The van der Waals surface area contributed by atoms with Crippen LogP contribution in [-0.4, -0.2) is 48.1 Å². The Morgan fingerprint density at radius 1 is 1.25 bits per heavy atom. The maximum Gasteiger partial charge on any atom is 0.254 e. The van der Waals surface area contributed by atoms with Gasteiger partial charge in [-0.15, -0.1) is 11.3 Å². The first-order valence-electron chi connectivity index (χ1n) is 9.79. The number of ether oxygens (including phenoxy) is 1. The molecule has 3 rings (SSSR count). The smallest absolute Gasteiger partial charge is 0.254 e. The van der Waals surface area contributed by atoms with Crippen molar-refractivity contribution in [1.82, 2.24) is 10.2 Å². The number of hydrogen-bond donors (Lipinski definition) is 1. The van der Waals surface area contributed by atoms with Crippen molar-refractivity contribution in [3.05, 3.63) is 47.3 Å². The Bertz CT molecular complexity index is 802. The van der Waals surface area contributed by atoms with E-state index in [0.717, 1.165) is 11.1 Å². The summed E-state index contributed by atoms with van der Waals surface area (Å²) in [5.74, 6) is -0.100. The van der Waals surface area contributed by atoms with Gasteiger partial charge in [0.05, 0.1) is 13.2 Å². The van der Waals surface area contributed by atoms with E-state index in [9.17, 15) is 9.59 Å². The predicted molar refractivity (Wildman–Crippen MR) is 112 cm³/mol. The number of benzene rings is 1. The number of amides is 2. The molecule has 2 heterocycles. The van der Waals surface area contributed by atoms with Crippen LogP contribution in [-0.2, 0) is 20.7 Å². The van der Waals surface area contributed by atoms with E-state index in [-0.39, 0.29) is 24.4 Å². The van der Waals surface area contributed by atoms with Crippen molar-refractivity contribution in [2.45, 2.75) is 45.3 Å². The van der Waals surface area contributed by atoms with Gasteiger partial charge in [0.15, 0.2) is 5.60 Å². The molecule has 0 bridgehead atoms. The normalized spacial score (nSPS) is 19.6. The monoisotopic (exact) mass is 400 g/mol. The van der Waals surface area contributed by atoms with Crippen LogP contribution in [0.1, 0.15) is 32.8 Å². The van der Waals surface area contributed by atoms with Crippen LogP contribution >= 0.6 is 11.3 Å². The van der Waals surface area contributed by atoms with E-state index >= 15 is 0 Å². The standard InChI is InChI=1S/C22H28N2O3S/c1-4-20(25)24-11-12-27-22(15-24,21(26)23-16(2)3)14-17-7-9-18(10-8-17)19-6-5-13-28-19/h5-10,13,16H,4,11-12,14-15H2,1-3H3,(H,23,26). The Morgan fingerprint density at radius 2 is 2.00 bits per heavy atom. The summed E-state index contributed by atoms with van der Waals surface area (Å²) in [6.07, 6.45) is 0.862. The Labute approximate surface area is 170 Å². The highest BCUT2D eigenvalue weighted by atomic mass is 32.1. The number of morpholine rings is 1. The maximum absolute atomic E-state index is 13.1. The van der Waals surface area contributed by atoms with Gasteiger partial charge in [0.1, 0.15) is 0 Å². The molecule has 28 heavy (non-hydrogen) atoms. The molecule has 5 nitrogen and oxygen atoms in total. The third-order valence-electron chi connectivity index (χ3n) is 4.92. The summed E-state index contributed by atoms with van der Waals surface area (Å²) < 4.78 is 6.06. The molecule has 1 fully saturated rings. The van der Waals surface area contributed by atoms with Gasteiger partial charge in [-0.2, -0.15) is 0 Å². The zero-order valence-corrected chi connectivity index (χ0v) is 17.6. The third-order valence-corrected chi connectivity index (χ3v) is 5.84. The second kappa shape index (κ2) is 8.88. The van der Waals surface area contributed by atoms with Crippen LogP contribution in [0.25, 0.3) is 10.4 Å². The molecule has 0 radical (unpaired) electrons. The van der Waals surface area contributed by atoms with Crippen molar-refractivity contribution in [3.8, 4) is 10.4 Å². The Balaban J connectivity index is 1.84. The molecular weight excluding hydrogens is 372 g/mol. The first-order chi connectivity index (χ1) is 13.4. The number of nitrogens with zero attached hydrogens (tertiary/aromatic N) is 1. The molecule has 1 aromatic heterocycles. The second-order valence-corrected chi connectivity index (χ2v) is 8.44. The fourth-order valence-corrected chi connectivity index (χ4v) is 4.23. The first-order valence-corrected chi connectivity index (χ1v) is 10.7. The highest BCUT2D eigenvalue weighted by molar-refractivity contribution is 7.13. The van der Waals surface area contributed by atoms with Crippen LogP contribution in [0, 0.1) is 0 Å². The number of nitrogens with one attached hydrogen (secondary N) is 1. The molecular formula is C22H28N2O3S. The number of carbonyl (C=O) groups is 2. The van der Waals surface area contributed by atoms with Gasteiger partial charge in [0.25, 0.3) is 5.91 Å². The third kappa shape index (κ3) is 4.62. The summed E-state index contributed by atoms with van der Waals surface area (Å²) in [5, 5.41) is 5.04. The fourth-order valence-electron chi connectivity index (χ4n) is 3.50. The van der Waals surface area contributed by atoms with Gasteiger partial charge in [-0.25, -0.2) is 0 Å². The topological polar surface area (TPSA) is 58.6 Å². The van der Waals surface area contributed by atoms with E-state index < -0.39 is 5.60 Å². The fraction of sp³-hybridized carbons (Fsp3) is 0.455. The molecule has 1 aliphatic heterocycles. The summed E-state index contributed by atoms with van der Waals surface area (Å²) in [7, 11) is 0. The van der Waals surface area contributed by atoms with Crippen LogP contribution in [0.2, 0.25) is 0 Å². The summed E-state index contributed by atoms with van der Waals surface area (Å²) in [4.78, 5) is 28.3. The Kier molecular flexibility index (Phi) is 6.52. The molecule has 2 aromatic rings. The first kappa shape index (κ1) is 20.6. The molecule has 6 heteroatoms. The lowest BCUT2D eigenvalue weighted by atomic mass is 9.90. The van der Waals surface area contributed by atoms with Crippen molar-refractivity contribution < 1.29 is 14.3 Å². The van der Waals surface area contributed by atoms with Crippen LogP contribution in [0.5, 0.6) is 0 Å². The largest absolute Gasteiger partial charge is 0.361 e. The highest BCUT2D eigenvalue weighted by Gasteiger charge is 2.45. The minimum absolute atomic E-state index is 0.00596. The number of carbonyl (C=O) groups excluding carboxylic acids is 2. The van der Waals surface area contributed by atoms with E-state index in [1.54, 1.807) is 16.2 Å². The molecule has 1 aromatic carbocycles. The van der Waals surface area contributed by atoms with Gasteiger partial charge in [-0.3, -0.25) is 9.59 Å². The van der Waals surface area contributed by atoms with Crippen molar-refractivity contribution in [2.75, 3.05) is 19.7 Å². The molecule has 0 spiro atoms. The van der Waals surface area contributed by atoms with Gasteiger partial charge in [-0.05, 0) is 36.4 Å². The lowest BCUT2D eigenvalue weighted by Crippen LogP contribution is -2.62. The van der Waals surface area contributed by atoms with Crippen LogP contribution in [0.15, 0.2) is 41.8 Å². The van der Waals surface area contributed by atoms with Gasteiger partial charge >= 0.3 is 0 Å². The molecule has 1 aliphatic rings. The SMILES string of the molecule is CCC(=O)N1CCOC(Cc2ccc(-c3cccs3)cc2)(C(=O)NC(C)C)C1. The average molecular weight is 401 g/mol. The van der Waals surface area contributed by atoms with Gasteiger partial charge < -0.3 is 15.0 Å². The van der Waals surface area contributed by atoms with Crippen molar-refractivity contribution in [2.24, 2.45) is 0 Å². The quantitative estimate of drug-likeness (QED) is 0.808. The van der Waals surface area contributed by atoms with Crippen LogP contribution in [0.3, 0.4) is 0 Å². The number of rotatable bonds is 6. The zero-order chi connectivity index (χ0) is 20.1. The summed E-state index contributed by atoms with van der Waals surface area (Å²) >= 11 is 1.70. The Hall–Kier alpha value is -2.18. The average Bonchev–Trinajstić information content (AvgIpc) is 3.22. The molecule has 1 unspecified atom stereocenters. The van der Waals surface area contributed by atoms with Crippen LogP contribution in [0.4, 0.5) is 0 Å². The molecule has 1 saturated heterocycles. The summed E-state index contributed by atoms with van der Waals surface area (Å²) in [6.45, 7) is 6.88. The van der Waals surface area contributed by atoms with Crippen molar-refractivity contribution >= 4 is 23.2 Å². The summed E-state index contributed by atoms with van der Waals surface area (Å²) in [5.41, 5.74) is 1.12. The Morgan fingerprint density at radius 3 is 2.61 bits per heavy atom. The molecule has 0 saturated carbocycles. The lowest BCUT2D eigenvalue weighted by molar-refractivity contribution is -0.166. The van der Waals surface area contributed by atoms with Crippen molar-refractivity contribution in [1.29, 1.82) is 0 Å². The number of thiophene rings is 1. The minimum atomic E-state index is -1.06. The van der Waals surface area contributed by atoms with Crippen molar-refractivity contribution in [3.63, 3.8) is 0 Å². The van der Waals surface area contributed by atoms with Gasteiger partial charge in [-0.1, -0.05) is 37.3 Å². The summed E-state index contributed by atoms with van der Waals surface area (Å²) in [6, 6.07) is 12.4. The zero-order valence-electron chi connectivity index (χ0n) is 16.7. The molecule has 1 atom stereocenters. The minimum Gasteiger partial charge on any atom is -0.361 e. The molecule has 150 valence electrons. The molecule has 0 aliphatic carbocycles. The molecule has 2 amide bonds. The van der Waals surface area contributed by atoms with E-state index in [0.29, 0.717) is 26.0 Å². The number of hydrogen-bond acceptors (Lipinski definition) is 4. The maximum atomic E-state index is 13.1. The highest BCUT2D eigenvalue weighted by Crippen LogP contribution is 2.28. The van der Waals surface area contributed by atoms with E-state index in [4.69, 9.17) is 4.74 Å². The lowest BCUT2D eigenvalue weighted by Gasteiger charge is -2.42. The van der Waals surface area contributed by atoms with E-state index in [2.05, 4.69) is 28.9 Å². The van der Waals surface area contributed by atoms with Gasteiger partial charge in [0.2, 0.25) is 5.91 Å². The van der Waals surface area contributed by atoms with E-state index in [1.165, 1.54) is 4.88 Å². The predicted octanol–water partition coefficient (Wildman–Crippen LogP) is 3.49. The second-order valence-electron chi connectivity index (χ2n) is 7.49. The van der Waals surface area contributed by atoms with Gasteiger partial charge in [0, 0.05) is 30.3 Å². The van der Waals surface area contributed by atoms with E-state index in [1.807, 2.05) is 39.0 Å².